The summed E-state index contributed by atoms with van der Waals surface area (Å²) in [5.41, 5.74) is 0. The van der Waals surface area contributed by atoms with Crippen molar-refractivity contribution in [3.8, 4) is 5.75 Å². The number of amides is 1. The zero-order chi connectivity index (χ0) is 16.1. The van der Waals surface area contributed by atoms with Crippen molar-refractivity contribution < 1.29 is 9.53 Å². The molecule has 0 N–H and O–H groups in total. The first-order valence-electron chi connectivity index (χ1n) is 7.50. The average Bonchev–Trinajstić information content (AvgIpc) is 2.51. The lowest BCUT2D eigenvalue weighted by molar-refractivity contribution is -0.133. The largest absolute Gasteiger partial charge is 0.491 e. The molecule has 0 radical (unpaired) electrons. The lowest BCUT2D eigenvalue weighted by atomic mass is 10.0. The Morgan fingerprint density at radius 2 is 2.00 bits per heavy atom. The van der Waals surface area contributed by atoms with Gasteiger partial charge in [0.25, 0.3) is 0 Å². The Balaban J connectivity index is 1.76. The van der Waals surface area contributed by atoms with Gasteiger partial charge in [0.15, 0.2) is 0 Å². The van der Waals surface area contributed by atoms with Crippen LogP contribution in [-0.2, 0) is 4.79 Å². The number of halogens is 2. The van der Waals surface area contributed by atoms with Crippen molar-refractivity contribution in [3.05, 3.63) is 28.2 Å². The maximum atomic E-state index is 12.2. The highest BCUT2D eigenvalue weighted by atomic mass is 35.5. The van der Waals surface area contributed by atoms with Crippen LogP contribution in [0, 0.1) is 0 Å². The average molecular weight is 345 g/mol. The van der Waals surface area contributed by atoms with Gasteiger partial charge in [-0.1, -0.05) is 29.3 Å². The molecule has 1 heterocycles. The highest BCUT2D eigenvalue weighted by molar-refractivity contribution is 6.42. The number of carbonyl (C=O) groups excluding carboxylic acids is 1. The number of carbonyl (C=O) groups is 1. The van der Waals surface area contributed by atoms with Gasteiger partial charge in [0, 0.05) is 19.1 Å². The van der Waals surface area contributed by atoms with Crippen LogP contribution in [0.4, 0.5) is 0 Å². The Hall–Kier alpha value is -0.970. The second-order valence-corrected chi connectivity index (χ2v) is 6.51. The summed E-state index contributed by atoms with van der Waals surface area (Å²) in [4.78, 5) is 16.3. The summed E-state index contributed by atoms with van der Waals surface area (Å²) < 4.78 is 5.57. The van der Waals surface area contributed by atoms with Crippen molar-refractivity contribution in [1.29, 1.82) is 0 Å². The highest BCUT2D eigenvalue weighted by Gasteiger charge is 2.23. The molecular formula is C16H22Cl2N2O2. The molecule has 22 heavy (non-hydrogen) atoms. The number of nitrogens with zero attached hydrogens (tertiary/aromatic N) is 2. The molecule has 0 saturated carbocycles. The predicted molar refractivity (Wildman–Crippen MR) is 89.9 cm³/mol. The van der Waals surface area contributed by atoms with Crippen molar-refractivity contribution >= 4 is 29.1 Å². The van der Waals surface area contributed by atoms with Gasteiger partial charge in [-0.25, -0.2) is 0 Å². The van der Waals surface area contributed by atoms with E-state index in [2.05, 4.69) is 19.0 Å². The maximum absolute atomic E-state index is 12.2. The van der Waals surface area contributed by atoms with Gasteiger partial charge in [0.05, 0.1) is 18.1 Å². The minimum absolute atomic E-state index is 0.135. The van der Waals surface area contributed by atoms with Crippen LogP contribution in [0.1, 0.15) is 19.3 Å². The number of benzene rings is 1. The minimum Gasteiger partial charge on any atom is -0.491 e. The molecule has 1 fully saturated rings. The fourth-order valence-corrected chi connectivity index (χ4v) is 2.98. The van der Waals surface area contributed by atoms with Gasteiger partial charge in [0.1, 0.15) is 10.8 Å². The summed E-state index contributed by atoms with van der Waals surface area (Å²) in [6.45, 7) is 1.95. The Morgan fingerprint density at radius 3 is 2.64 bits per heavy atom. The Kier molecular flexibility index (Phi) is 6.36. The molecule has 122 valence electrons. The van der Waals surface area contributed by atoms with Crippen LogP contribution in [0.15, 0.2) is 18.2 Å². The van der Waals surface area contributed by atoms with Gasteiger partial charge in [-0.15, -0.1) is 0 Å². The van der Waals surface area contributed by atoms with Gasteiger partial charge < -0.3 is 14.5 Å². The highest BCUT2D eigenvalue weighted by Crippen LogP contribution is 2.31. The molecule has 1 aliphatic heterocycles. The van der Waals surface area contributed by atoms with E-state index < -0.39 is 0 Å². The third-order valence-corrected chi connectivity index (χ3v) is 4.84. The summed E-state index contributed by atoms with van der Waals surface area (Å²) in [5.74, 6) is 0.656. The van der Waals surface area contributed by atoms with Crippen LogP contribution in [0.25, 0.3) is 0 Å². The monoisotopic (exact) mass is 344 g/mol. The van der Waals surface area contributed by atoms with Crippen LogP contribution in [-0.4, -0.2) is 55.5 Å². The van der Waals surface area contributed by atoms with Gasteiger partial charge in [-0.05, 0) is 39.1 Å². The van der Waals surface area contributed by atoms with E-state index in [1.807, 2.05) is 4.90 Å². The van der Waals surface area contributed by atoms with E-state index >= 15 is 0 Å². The molecule has 1 aromatic carbocycles. The molecule has 1 amide bonds. The van der Waals surface area contributed by atoms with Crippen LogP contribution in [0.5, 0.6) is 5.75 Å². The summed E-state index contributed by atoms with van der Waals surface area (Å²) in [7, 11) is 4.18. The van der Waals surface area contributed by atoms with E-state index in [0.717, 1.165) is 25.9 Å². The molecular weight excluding hydrogens is 323 g/mol. The van der Waals surface area contributed by atoms with E-state index in [1.165, 1.54) is 0 Å². The number of rotatable bonds is 5. The predicted octanol–water partition coefficient (Wildman–Crippen LogP) is 3.31. The second kappa shape index (κ2) is 8.04. The third-order valence-electron chi connectivity index (χ3n) is 4.04. The third kappa shape index (κ3) is 4.51. The minimum atomic E-state index is 0.135. The lowest BCUT2D eigenvalue weighted by Crippen LogP contribution is -2.44. The van der Waals surface area contributed by atoms with Crippen molar-refractivity contribution in [1.82, 2.24) is 9.80 Å². The Labute approximate surface area is 141 Å². The van der Waals surface area contributed by atoms with Gasteiger partial charge in [0.2, 0.25) is 5.91 Å². The van der Waals surface area contributed by atoms with Gasteiger partial charge in [-0.3, -0.25) is 4.79 Å². The zero-order valence-corrected chi connectivity index (χ0v) is 14.5. The first kappa shape index (κ1) is 17.4. The second-order valence-electron chi connectivity index (χ2n) is 5.73. The molecule has 0 atom stereocenters. The fraction of sp³-hybridized carbons (Fsp3) is 0.562. The molecule has 0 aromatic heterocycles. The summed E-state index contributed by atoms with van der Waals surface area (Å²) in [6.07, 6.45) is 2.41. The molecule has 6 heteroatoms. The SMILES string of the molecule is CN(C)C1CCN(C(=O)CCOc2cccc(Cl)c2Cl)CC1. The quantitative estimate of drug-likeness (QED) is 0.821. The van der Waals surface area contributed by atoms with E-state index in [-0.39, 0.29) is 5.91 Å². The maximum Gasteiger partial charge on any atom is 0.225 e. The standard InChI is InChI=1S/C16H22Cl2N2O2/c1-19(2)12-6-9-20(10-7-12)15(21)8-11-22-14-5-3-4-13(17)16(14)18/h3-5,12H,6-11H2,1-2H3. The van der Waals surface area contributed by atoms with E-state index in [0.29, 0.717) is 34.9 Å². The number of hydrogen-bond donors (Lipinski definition) is 0. The summed E-state index contributed by atoms with van der Waals surface area (Å²) in [6, 6.07) is 5.81. The first-order valence-corrected chi connectivity index (χ1v) is 8.25. The zero-order valence-electron chi connectivity index (χ0n) is 13.0. The number of hydrogen-bond acceptors (Lipinski definition) is 3. The Bertz CT molecular complexity index is 515. The molecule has 1 aliphatic rings. The number of likely N-dealkylation sites (tertiary alicyclic amines) is 1. The van der Waals surface area contributed by atoms with Crippen LogP contribution in [0.2, 0.25) is 10.0 Å². The van der Waals surface area contributed by atoms with Crippen molar-refractivity contribution in [2.24, 2.45) is 0 Å². The topological polar surface area (TPSA) is 32.8 Å². The molecule has 0 aliphatic carbocycles. The number of piperidine rings is 1. The van der Waals surface area contributed by atoms with Crippen LogP contribution in [0.3, 0.4) is 0 Å². The molecule has 2 rings (SSSR count). The number of ether oxygens (including phenoxy) is 1. The van der Waals surface area contributed by atoms with Crippen molar-refractivity contribution in [2.45, 2.75) is 25.3 Å². The molecule has 0 bridgehead atoms. The van der Waals surface area contributed by atoms with Crippen molar-refractivity contribution in [2.75, 3.05) is 33.8 Å². The van der Waals surface area contributed by atoms with E-state index in [4.69, 9.17) is 27.9 Å². The first-order chi connectivity index (χ1) is 10.5. The lowest BCUT2D eigenvalue weighted by Gasteiger charge is -2.35. The fourth-order valence-electron chi connectivity index (χ4n) is 2.63. The molecule has 0 unspecified atom stereocenters. The van der Waals surface area contributed by atoms with E-state index in [1.54, 1.807) is 18.2 Å². The van der Waals surface area contributed by atoms with Crippen molar-refractivity contribution in [3.63, 3.8) is 0 Å². The Morgan fingerprint density at radius 1 is 1.32 bits per heavy atom. The van der Waals surface area contributed by atoms with Gasteiger partial charge >= 0.3 is 0 Å². The van der Waals surface area contributed by atoms with Crippen LogP contribution < -0.4 is 4.74 Å². The molecule has 0 spiro atoms. The molecule has 1 aromatic rings. The molecule has 1 saturated heterocycles. The molecule has 4 nitrogen and oxygen atoms in total. The van der Waals surface area contributed by atoms with Gasteiger partial charge in [-0.2, -0.15) is 0 Å². The van der Waals surface area contributed by atoms with Crippen LogP contribution >= 0.6 is 23.2 Å². The van der Waals surface area contributed by atoms with E-state index in [9.17, 15) is 4.79 Å². The summed E-state index contributed by atoms with van der Waals surface area (Å²) >= 11 is 12.0. The smallest absolute Gasteiger partial charge is 0.225 e. The normalized spacial score (nSPS) is 16.1. The summed E-state index contributed by atoms with van der Waals surface area (Å²) in [5, 5.41) is 0.847.